The molecule has 2 rings (SSSR count). The fraction of sp³-hybridized carbons (Fsp3) is 0.647. The Morgan fingerprint density at radius 2 is 2.11 bits per heavy atom. The van der Waals surface area contributed by atoms with Crippen molar-refractivity contribution in [2.24, 2.45) is 0 Å². The molecule has 0 aromatic heterocycles. The number of likely N-dealkylation sites (tertiary alicyclic amines) is 1. The van der Waals surface area contributed by atoms with E-state index < -0.39 is 0 Å². The fourth-order valence-corrected chi connectivity index (χ4v) is 3.27. The van der Waals surface area contributed by atoms with Gasteiger partial charge in [-0.15, -0.1) is 0 Å². The van der Waals surface area contributed by atoms with Crippen LogP contribution < -0.4 is 5.32 Å². The highest BCUT2D eigenvalue weighted by atomic mass is 15.2. The van der Waals surface area contributed by atoms with Crippen LogP contribution in [0.4, 0.5) is 5.69 Å². The van der Waals surface area contributed by atoms with Gasteiger partial charge in [0.25, 0.3) is 0 Å². The highest BCUT2D eigenvalue weighted by Crippen LogP contribution is 2.23. The minimum atomic E-state index is 0.804. The fourth-order valence-electron chi connectivity index (χ4n) is 3.27. The van der Waals surface area contributed by atoms with Crippen LogP contribution in [0.25, 0.3) is 0 Å². The first kappa shape index (κ1) is 14.4. The summed E-state index contributed by atoms with van der Waals surface area (Å²) < 4.78 is 0. The van der Waals surface area contributed by atoms with Gasteiger partial charge in [0.1, 0.15) is 0 Å². The maximum atomic E-state index is 3.31. The van der Waals surface area contributed by atoms with Crippen molar-refractivity contribution >= 4 is 5.69 Å². The molecule has 1 fully saturated rings. The Bertz CT molecular complexity index is 373. The van der Waals surface area contributed by atoms with Crippen LogP contribution in [0.1, 0.15) is 44.6 Å². The van der Waals surface area contributed by atoms with E-state index in [9.17, 15) is 0 Å². The van der Waals surface area contributed by atoms with Crippen molar-refractivity contribution in [2.75, 3.05) is 25.5 Å². The van der Waals surface area contributed by atoms with Gasteiger partial charge in [0.2, 0.25) is 0 Å². The van der Waals surface area contributed by atoms with Crippen LogP contribution in [-0.4, -0.2) is 31.1 Å². The number of piperidine rings is 1. The Balaban J connectivity index is 1.92. The number of nitrogens with zero attached hydrogens (tertiary/aromatic N) is 1. The van der Waals surface area contributed by atoms with Gasteiger partial charge in [-0.1, -0.05) is 31.5 Å². The summed E-state index contributed by atoms with van der Waals surface area (Å²) in [6, 6.07) is 9.51. The molecule has 0 spiro atoms. The molecule has 106 valence electrons. The predicted molar refractivity (Wildman–Crippen MR) is 83.8 cm³/mol. The van der Waals surface area contributed by atoms with E-state index >= 15 is 0 Å². The van der Waals surface area contributed by atoms with Gasteiger partial charge in [0, 0.05) is 18.8 Å². The molecule has 0 bridgehead atoms. The van der Waals surface area contributed by atoms with E-state index in [0.29, 0.717) is 0 Å². The van der Waals surface area contributed by atoms with Crippen molar-refractivity contribution in [1.29, 1.82) is 0 Å². The number of rotatable bonds is 6. The number of anilines is 1. The molecular weight excluding hydrogens is 232 g/mol. The zero-order valence-corrected chi connectivity index (χ0v) is 12.5. The van der Waals surface area contributed by atoms with Gasteiger partial charge in [-0.2, -0.15) is 0 Å². The molecule has 1 saturated heterocycles. The number of hydrogen-bond donors (Lipinski definition) is 1. The van der Waals surface area contributed by atoms with E-state index in [-0.39, 0.29) is 0 Å². The summed E-state index contributed by atoms with van der Waals surface area (Å²) in [6.07, 6.45) is 7.98. The first-order valence-electron chi connectivity index (χ1n) is 7.85. The molecule has 0 aliphatic carbocycles. The molecule has 1 atom stereocenters. The summed E-state index contributed by atoms with van der Waals surface area (Å²) in [6.45, 7) is 4.88. The Morgan fingerprint density at radius 3 is 2.89 bits per heavy atom. The van der Waals surface area contributed by atoms with Gasteiger partial charge in [-0.3, -0.25) is 0 Å². The van der Waals surface area contributed by atoms with Crippen molar-refractivity contribution < 1.29 is 0 Å². The van der Waals surface area contributed by atoms with Gasteiger partial charge < -0.3 is 10.2 Å². The lowest BCUT2D eigenvalue weighted by molar-refractivity contribution is 0.140. The van der Waals surface area contributed by atoms with Crippen molar-refractivity contribution in [3.8, 4) is 0 Å². The van der Waals surface area contributed by atoms with Gasteiger partial charge in [-0.25, -0.2) is 0 Å². The molecule has 1 N–H and O–H groups in total. The summed E-state index contributed by atoms with van der Waals surface area (Å²) in [7, 11) is 2.02. The van der Waals surface area contributed by atoms with E-state index in [4.69, 9.17) is 0 Å². The zero-order chi connectivity index (χ0) is 13.5. The summed E-state index contributed by atoms with van der Waals surface area (Å²) in [5.74, 6) is 0. The summed E-state index contributed by atoms with van der Waals surface area (Å²) >= 11 is 0. The first-order valence-corrected chi connectivity index (χ1v) is 7.85. The smallest absolute Gasteiger partial charge is 0.0370 e. The third-order valence-corrected chi connectivity index (χ3v) is 4.29. The molecule has 0 saturated carbocycles. The quantitative estimate of drug-likeness (QED) is 0.834. The Labute approximate surface area is 118 Å². The number of para-hydroxylation sites is 1. The van der Waals surface area contributed by atoms with Crippen molar-refractivity contribution in [2.45, 2.75) is 51.5 Å². The second-order valence-corrected chi connectivity index (χ2v) is 5.63. The van der Waals surface area contributed by atoms with Crippen LogP contribution in [0.5, 0.6) is 0 Å². The molecular formula is C17H28N2. The predicted octanol–water partition coefficient (Wildman–Crippen LogP) is 3.93. The lowest BCUT2D eigenvalue weighted by atomic mass is 9.95. The number of nitrogens with one attached hydrogen (secondary N) is 1. The molecule has 1 aromatic carbocycles. The molecule has 1 unspecified atom stereocenters. The average Bonchev–Trinajstić information content (AvgIpc) is 2.47. The van der Waals surface area contributed by atoms with E-state index in [1.807, 2.05) is 7.05 Å². The topological polar surface area (TPSA) is 15.3 Å². The largest absolute Gasteiger partial charge is 0.388 e. The highest BCUT2D eigenvalue weighted by molar-refractivity contribution is 5.50. The van der Waals surface area contributed by atoms with Crippen LogP contribution in [0.2, 0.25) is 0 Å². The maximum Gasteiger partial charge on any atom is 0.0370 e. The molecule has 2 nitrogen and oxygen atoms in total. The molecule has 1 aromatic rings. The lowest BCUT2D eigenvalue weighted by Crippen LogP contribution is -2.40. The first-order chi connectivity index (χ1) is 9.35. The van der Waals surface area contributed by atoms with E-state index in [1.54, 1.807) is 0 Å². The SMILES string of the molecule is CCCN1CCCCC1CCc1ccccc1NC. The summed E-state index contributed by atoms with van der Waals surface area (Å²) in [5.41, 5.74) is 2.76. The third-order valence-electron chi connectivity index (χ3n) is 4.29. The molecule has 1 aliphatic heterocycles. The second kappa shape index (κ2) is 7.54. The summed E-state index contributed by atoms with van der Waals surface area (Å²) in [4.78, 5) is 2.71. The maximum absolute atomic E-state index is 3.31. The summed E-state index contributed by atoms with van der Waals surface area (Å²) in [5, 5.41) is 3.31. The van der Waals surface area contributed by atoms with Crippen molar-refractivity contribution in [3.63, 3.8) is 0 Å². The van der Waals surface area contributed by atoms with E-state index in [2.05, 4.69) is 41.4 Å². The van der Waals surface area contributed by atoms with Crippen LogP contribution in [0, 0.1) is 0 Å². The Kier molecular flexibility index (Phi) is 5.71. The van der Waals surface area contributed by atoms with Gasteiger partial charge in [-0.05, 0) is 56.8 Å². The van der Waals surface area contributed by atoms with Gasteiger partial charge in [0.05, 0.1) is 0 Å². The molecule has 19 heavy (non-hydrogen) atoms. The Morgan fingerprint density at radius 1 is 1.26 bits per heavy atom. The second-order valence-electron chi connectivity index (χ2n) is 5.63. The number of hydrogen-bond acceptors (Lipinski definition) is 2. The number of aryl methyl sites for hydroxylation is 1. The zero-order valence-electron chi connectivity index (χ0n) is 12.5. The minimum Gasteiger partial charge on any atom is -0.388 e. The normalized spacial score (nSPS) is 20.4. The molecule has 1 aliphatic rings. The third kappa shape index (κ3) is 3.97. The average molecular weight is 260 g/mol. The van der Waals surface area contributed by atoms with Crippen molar-refractivity contribution in [1.82, 2.24) is 4.90 Å². The molecule has 0 amide bonds. The van der Waals surface area contributed by atoms with Crippen LogP contribution >= 0.6 is 0 Å². The van der Waals surface area contributed by atoms with Gasteiger partial charge in [0.15, 0.2) is 0 Å². The van der Waals surface area contributed by atoms with Crippen LogP contribution in [-0.2, 0) is 6.42 Å². The molecule has 1 heterocycles. The van der Waals surface area contributed by atoms with Crippen LogP contribution in [0.15, 0.2) is 24.3 Å². The van der Waals surface area contributed by atoms with E-state index in [1.165, 1.54) is 62.9 Å². The highest BCUT2D eigenvalue weighted by Gasteiger charge is 2.21. The van der Waals surface area contributed by atoms with Crippen molar-refractivity contribution in [3.05, 3.63) is 29.8 Å². The Hall–Kier alpha value is -1.02. The van der Waals surface area contributed by atoms with Crippen LogP contribution in [0.3, 0.4) is 0 Å². The molecule has 0 radical (unpaired) electrons. The molecule has 2 heteroatoms. The van der Waals surface area contributed by atoms with Gasteiger partial charge >= 0.3 is 0 Å². The van der Waals surface area contributed by atoms with E-state index in [0.717, 1.165) is 6.04 Å². The minimum absolute atomic E-state index is 0.804. The monoisotopic (exact) mass is 260 g/mol. The standard InChI is InChI=1S/C17H28N2/c1-3-13-19-14-7-6-9-16(19)12-11-15-8-4-5-10-17(15)18-2/h4-5,8,10,16,18H,3,6-7,9,11-14H2,1-2H3. The number of benzene rings is 1. The lowest BCUT2D eigenvalue weighted by Gasteiger charge is -2.35.